The van der Waals surface area contributed by atoms with Crippen LogP contribution in [0.3, 0.4) is 0 Å². The number of halogens is 2. The van der Waals surface area contributed by atoms with Crippen molar-refractivity contribution in [2.45, 2.75) is 38.6 Å². The third kappa shape index (κ3) is 6.00. The van der Waals surface area contributed by atoms with Crippen molar-refractivity contribution in [3.05, 3.63) is 81.3 Å². The number of nitrogens with one attached hydrogen (secondary N) is 2. The van der Waals surface area contributed by atoms with Crippen molar-refractivity contribution < 1.29 is 23.1 Å². The van der Waals surface area contributed by atoms with Gasteiger partial charge in [0, 0.05) is 16.3 Å². The summed E-state index contributed by atoms with van der Waals surface area (Å²) in [5.41, 5.74) is 2.98. The van der Waals surface area contributed by atoms with E-state index in [4.69, 9.17) is 23.2 Å². The maximum absolute atomic E-state index is 13.2. The van der Waals surface area contributed by atoms with E-state index in [0.29, 0.717) is 33.0 Å². The van der Waals surface area contributed by atoms with Crippen molar-refractivity contribution in [2.24, 2.45) is 5.92 Å². The summed E-state index contributed by atoms with van der Waals surface area (Å²) in [7, 11) is -4.03. The number of anilines is 1. The van der Waals surface area contributed by atoms with Crippen LogP contribution < -0.4 is 10.0 Å². The third-order valence-corrected chi connectivity index (χ3v) is 8.21. The fourth-order valence-electron chi connectivity index (χ4n) is 3.65. The highest BCUT2D eigenvalue weighted by molar-refractivity contribution is 7.93. The molecule has 0 radical (unpaired) electrons. The predicted octanol–water partition coefficient (Wildman–Crippen LogP) is 5.92. The lowest BCUT2D eigenvalue weighted by molar-refractivity contribution is -0.140. The Bertz CT molecular complexity index is 1390. The average Bonchev–Trinajstić information content (AvgIpc) is 2.80. The number of aryl methyl sites for hydroxylation is 1. The molecular formula is C26H26Cl2N2O5S. The van der Waals surface area contributed by atoms with E-state index in [0.717, 1.165) is 5.56 Å². The second kappa shape index (κ2) is 10.9. The maximum atomic E-state index is 13.2. The predicted molar refractivity (Wildman–Crippen MR) is 142 cm³/mol. The zero-order chi connectivity index (χ0) is 26.8. The topological polar surface area (TPSA) is 113 Å². The molecule has 1 amide bonds. The van der Waals surface area contributed by atoms with Crippen LogP contribution in [0, 0.1) is 19.8 Å². The average molecular weight is 549 g/mol. The molecular weight excluding hydrogens is 523 g/mol. The standard InChI is InChI=1S/C26H26Cl2N2O5S/c1-14(2)23(26(32)33)29-25(31)18-10-8-17(9-11-18)19-6-5-7-20(13-19)30-36(34,35)24-16(4)21(27)12-15(3)22(24)28/h5-14,23,30H,1-4H3,(H,29,31)(H,32,33)/t23-/m0/s1. The van der Waals surface area contributed by atoms with Crippen LogP contribution in [0.5, 0.6) is 0 Å². The van der Waals surface area contributed by atoms with E-state index in [1.807, 2.05) is 0 Å². The number of benzene rings is 3. The van der Waals surface area contributed by atoms with E-state index in [1.54, 1.807) is 82.3 Å². The van der Waals surface area contributed by atoms with Gasteiger partial charge in [-0.3, -0.25) is 9.52 Å². The first kappa shape index (κ1) is 27.5. The minimum absolute atomic E-state index is 0.0732. The van der Waals surface area contributed by atoms with Crippen molar-refractivity contribution >= 4 is 50.8 Å². The van der Waals surface area contributed by atoms with Crippen LogP contribution in [0.2, 0.25) is 10.0 Å². The summed E-state index contributed by atoms with van der Waals surface area (Å²) in [5, 5.41) is 12.2. The number of carboxylic acids is 1. The SMILES string of the molecule is Cc1cc(Cl)c(C)c(S(=O)(=O)Nc2cccc(-c3ccc(C(=O)N[C@H](C(=O)O)C(C)C)cc3)c2)c1Cl. The Kier molecular flexibility index (Phi) is 8.33. The molecule has 3 aromatic carbocycles. The molecule has 0 bridgehead atoms. The zero-order valence-corrected chi connectivity index (χ0v) is 22.4. The lowest BCUT2D eigenvalue weighted by Gasteiger charge is -2.18. The summed E-state index contributed by atoms with van der Waals surface area (Å²) in [6, 6.07) is 14.0. The molecule has 190 valence electrons. The second-order valence-corrected chi connectivity index (χ2v) is 11.1. The van der Waals surface area contributed by atoms with Crippen LogP contribution in [-0.2, 0) is 14.8 Å². The summed E-state index contributed by atoms with van der Waals surface area (Å²) in [6.07, 6.45) is 0. The van der Waals surface area contributed by atoms with Crippen LogP contribution in [-0.4, -0.2) is 31.4 Å². The van der Waals surface area contributed by atoms with Gasteiger partial charge in [-0.2, -0.15) is 0 Å². The fraction of sp³-hybridized carbons (Fsp3) is 0.231. The number of carboxylic acid groups (broad SMARTS) is 1. The summed E-state index contributed by atoms with van der Waals surface area (Å²) >= 11 is 12.5. The normalized spacial score (nSPS) is 12.3. The van der Waals surface area contributed by atoms with Crippen molar-refractivity contribution in [2.75, 3.05) is 4.72 Å². The first-order valence-electron chi connectivity index (χ1n) is 11.0. The number of aliphatic carboxylic acids is 1. The largest absolute Gasteiger partial charge is 0.480 e. The van der Waals surface area contributed by atoms with E-state index >= 15 is 0 Å². The van der Waals surface area contributed by atoms with E-state index in [2.05, 4.69) is 10.0 Å². The molecule has 1 atom stereocenters. The molecule has 3 aromatic rings. The van der Waals surface area contributed by atoms with Gasteiger partial charge in [-0.05, 0) is 72.4 Å². The number of carbonyl (C=O) groups is 2. The summed E-state index contributed by atoms with van der Waals surface area (Å²) in [6.45, 7) is 6.70. The maximum Gasteiger partial charge on any atom is 0.326 e. The van der Waals surface area contributed by atoms with Gasteiger partial charge in [0.2, 0.25) is 0 Å². The smallest absolute Gasteiger partial charge is 0.326 e. The molecule has 36 heavy (non-hydrogen) atoms. The fourth-order valence-corrected chi connectivity index (χ4v) is 5.92. The van der Waals surface area contributed by atoms with Crippen LogP contribution in [0.25, 0.3) is 11.1 Å². The molecule has 10 heteroatoms. The highest BCUT2D eigenvalue weighted by atomic mass is 35.5. The summed E-state index contributed by atoms with van der Waals surface area (Å²) < 4.78 is 28.9. The van der Waals surface area contributed by atoms with E-state index in [1.165, 1.54) is 0 Å². The molecule has 0 saturated carbocycles. The number of amides is 1. The van der Waals surface area contributed by atoms with Crippen molar-refractivity contribution in [1.82, 2.24) is 5.32 Å². The highest BCUT2D eigenvalue weighted by Gasteiger charge is 2.25. The van der Waals surface area contributed by atoms with E-state index in [-0.39, 0.29) is 15.8 Å². The number of hydrogen-bond acceptors (Lipinski definition) is 4. The lowest BCUT2D eigenvalue weighted by atomic mass is 10.0. The molecule has 0 aromatic heterocycles. The molecule has 0 unspecified atom stereocenters. The molecule has 0 saturated heterocycles. The number of rotatable bonds is 8. The lowest BCUT2D eigenvalue weighted by Crippen LogP contribution is -2.44. The van der Waals surface area contributed by atoms with Crippen LogP contribution in [0.1, 0.15) is 35.3 Å². The number of carbonyl (C=O) groups excluding carboxylic acids is 1. The Balaban J connectivity index is 1.85. The van der Waals surface area contributed by atoms with Gasteiger partial charge in [-0.1, -0.05) is 61.3 Å². The molecule has 3 N–H and O–H groups in total. The van der Waals surface area contributed by atoms with Gasteiger partial charge in [-0.25, -0.2) is 13.2 Å². The highest BCUT2D eigenvalue weighted by Crippen LogP contribution is 2.35. The van der Waals surface area contributed by atoms with Gasteiger partial charge in [0.05, 0.1) is 5.02 Å². The zero-order valence-electron chi connectivity index (χ0n) is 20.1. The minimum atomic E-state index is -4.03. The molecule has 0 aliphatic rings. The minimum Gasteiger partial charge on any atom is -0.480 e. The van der Waals surface area contributed by atoms with Gasteiger partial charge in [0.15, 0.2) is 0 Å². The molecule has 7 nitrogen and oxygen atoms in total. The van der Waals surface area contributed by atoms with Crippen molar-refractivity contribution in [1.29, 1.82) is 0 Å². The molecule has 0 spiro atoms. The Hall–Kier alpha value is -3.07. The van der Waals surface area contributed by atoms with Gasteiger partial charge >= 0.3 is 5.97 Å². The van der Waals surface area contributed by atoms with Crippen molar-refractivity contribution in [3.8, 4) is 11.1 Å². The first-order chi connectivity index (χ1) is 16.8. The monoisotopic (exact) mass is 548 g/mol. The Morgan fingerprint density at radius 3 is 2.17 bits per heavy atom. The van der Waals surface area contributed by atoms with Crippen LogP contribution in [0.4, 0.5) is 5.69 Å². The van der Waals surface area contributed by atoms with E-state index in [9.17, 15) is 23.1 Å². The first-order valence-corrected chi connectivity index (χ1v) is 13.3. The van der Waals surface area contributed by atoms with Crippen LogP contribution in [0.15, 0.2) is 59.5 Å². The van der Waals surface area contributed by atoms with Gasteiger partial charge < -0.3 is 10.4 Å². The Labute approximate surface area is 220 Å². The molecule has 0 aliphatic heterocycles. The van der Waals surface area contributed by atoms with Gasteiger partial charge in [0.25, 0.3) is 15.9 Å². The van der Waals surface area contributed by atoms with Gasteiger partial charge in [-0.15, -0.1) is 0 Å². The molecule has 0 aliphatic carbocycles. The number of sulfonamides is 1. The van der Waals surface area contributed by atoms with E-state index < -0.39 is 27.9 Å². The second-order valence-electron chi connectivity index (χ2n) is 8.74. The third-order valence-electron chi connectivity index (χ3n) is 5.67. The van der Waals surface area contributed by atoms with Gasteiger partial charge in [0.1, 0.15) is 10.9 Å². The molecule has 0 fully saturated rings. The quantitative estimate of drug-likeness (QED) is 0.323. The Morgan fingerprint density at radius 1 is 0.944 bits per heavy atom. The Morgan fingerprint density at radius 2 is 1.58 bits per heavy atom. The molecule has 0 heterocycles. The summed E-state index contributed by atoms with van der Waals surface area (Å²) in [5.74, 6) is -1.86. The number of hydrogen-bond donors (Lipinski definition) is 3. The van der Waals surface area contributed by atoms with Crippen molar-refractivity contribution in [3.63, 3.8) is 0 Å². The van der Waals surface area contributed by atoms with Crippen LogP contribution >= 0.6 is 23.2 Å². The molecule has 3 rings (SSSR count). The summed E-state index contributed by atoms with van der Waals surface area (Å²) in [4.78, 5) is 23.8.